The molecule has 0 aromatic heterocycles. The van der Waals surface area contributed by atoms with Crippen molar-refractivity contribution in [2.45, 2.75) is 45.1 Å². The van der Waals surface area contributed by atoms with Gasteiger partial charge in [0.1, 0.15) is 11.6 Å². The van der Waals surface area contributed by atoms with E-state index in [1.165, 1.54) is 6.07 Å². The van der Waals surface area contributed by atoms with E-state index < -0.39 is 11.9 Å². The Morgan fingerprint density at radius 2 is 2.22 bits per heavy atom. The van der Waals surface area contributed by atoms with Gasteiger partial charge in [-0.15, -0.1) is 0 Å². The number of hydrogen-bond donors (Lipinski definition) is 1. The predicted molar refractivity (Wildman–Crippen MR) is 72.2 cm³/mol. The van der Waals surface area contributed by atoms with Gasteiger partial charge in [-0.3, -0.25) is 4.79 Å². The van der Waals surface area contributed by atoms with Gasteiger partial charge < -0.3 is 5.73 Å². The molecule has 0 radical (unpaired) electrons. The fourth-order valence-electron chi connectivity index (χ4n) is 1.77. The van der Waals surface area contributed by atoms with Crippen LogP contribution in [0.5, 0.6) is 0 Å². The van der Waals surface area contributed by atoms with Crippen LogP contribution in [-0.2, 0) is 11.2 Å². The summed E-state index contributed by atoms with van der Waals surface area (Å²) in [7, 11) is 0. The van der Waals surface area contributed by atoms with Gasteiger partial charge in [-0.2, -0.15) is 0 Å². The molecule has 2 nitrogen and oxygen atoms in total. The molecule has 100 valence electrons. The maximum absolute atomic E-state index is 13.6. The molecule has 0 bridgehead atoms. The van der Waals surface area contributed by atoms with Crippen LogP contribution in [0.2, 0.25) is 5.02 Å². The number of benzene rings is 1. The third-order valence-electron chi connectivity index (χ3n) is 2.95. The van der Waals surface area contributed by atoms with Gasteiger partial charge in [-0.25, -0.2) is 4.39 Å². The smallest absolute Gasteiger partial charge is 0.149 e. The van der Waals surface area contributed by atoms with E-state index in [4.69, 9.17) is 17.3 Å². The van der Waals surface area contributed by atoms with Gasteiger partial charge in [0.2, 0.25) is 0 Å². The van der Waals surface area contributed by atoms with Crippen LogP contribution in [0.1, 0.15) is 38.2 Å². The van der Waals surface area contributed by atoms with Gasteiger partial charge in [0.15, 0.2) is 0 Å². The molecule has 4 heteroatoms. The first kappa shape index (κ1) is 15.1. The molecule has 1 atom stereocenters. The van der Waals surface area contributed by atoms with Crippen molar-refractivity contribution in [3.8, 4) is 0 Å². The van der Waals surface area contributed by atoms with E-state index in [-0.39, 0.29) is 17.2 Å². The standard InChI is InChI=1S/C14H19ClFNO/c1-2-3-7-12(17)13(18)9-8-10-5-4-6-11(15)14(10)16/h4-6,12H,2-3,7-9,17H2,1H3/t12-/m0/s1. The molecule has 1 aromatic rings. The molecule has 0 heterocycles. The monoisotopic (exact) mass is 271 g/mol. The second-order valence-electron chi connectivity index (χ2n) is 4.43. The van der Waals surface area contributed by atoms with Crippen LogP contribution in [-0.4, -0.2) is 11.8 Å². The van der Waals surface area contributed by atoms with Gasteiger partial charge in [-0.1, -0.05) is 43.5 Å². The van der Waals surface area contributed by atoms with Gasteiger partial charge >= 0.3 is 0 Å². The molecule has 0 aliphatic heterocycles. The quantitative estimate of drug-likeness (QED) is 0.825. The summed E-state index contributed by atoms with van der Waals surface area (Å²) < 4.78 is 13.6. The first-order chi connectivity index (χ1) is 8.56. The topological polar surface area (TPSA) is 43.1 Å². The molecule has 1 rings (SSSR count). The van der Waals surface area contributed by atoms with E-state index in [0.717, 1.165) is 12.8 Å². The summed E-state index contributed by atoms with van der Waals surface area (Å²) in [4.78, 5) is 11.7. The normalized spacial score (nSPS) is 12.4. The van der Waals surface area contributed by atoms with Crippen molar-refractivity contribution in [2.75, 3.05) is 0 Å². The van der Waals surface area contributed by atoms with Crippen LogP contribution in [0.15, 0.2) is 18.2 Å². The molecule has 0 aliphatic carbocycles. The van der Waals surface area contributed by atoms with Gasteiger partial charge in [-0.05, 0) is 24.5 Å². The average Bonchev–Trinajstić information content (AvgIpc) is 2.37. The molecule has 0 spiro atoms. The number of aryl methyl sites for hydroxylation is 1. The Hall–Kier alpha value is -0.930. The number of rotatable bonds is 7. The summed E-state index contributed by atoms with van der Waals surface area (Å²) in [5, 5.41) is 0.0928. The van der Waals surface area contributed by atoms with E-state index in [2.05, 4.69) is 6.92 Å². The van der Waals surface area contributed by atoms with Crippen molar-refractivity contribution in [3.05, 3.63) is 34.6 Å². The zero-order valence-electron chi connectivity index (χ0n) is 10.6. The number of Topliss-reactive ketones (excluding diaryl/α,β-unsaturated/α-hetero) is 1. The molecule has 0 unspecified atom stereocenters. The largest absolute Gasteiger partial charge is 0.322 e. The van der Waals surface area contributed by atoms with Crippen LogP contribution in [0, 0.1) is 5.82 Å². The van der Waals surface area contributed by atoms with Crippen molar-refractivity contribution in [1.29, 1.82) is 0 Å². The van der Waals surface area contributed by atoms with Crippen molar-refractivity contribution in [2.24, 2.45) is 5.73 Å². The Morgan fingerprint density at radius 1 is 1.50 bits per heavy atom. The lowest BCUT2D eigenvalue weighted by molar-refractivity contribution is -0.120. The second-order valence-corrected chi connectivity index (χ2v) is 4.84. The number of carbonyl (C=O) groups excluding carboxylic acids is 1. The fourth-order valence-corrected chi connectivity index (χ4v) is 1.96. The number of carbonyl (C=O) groups is 1. The van der Waals surface area contributed by atoms with Gasteiger partial charge in [0.25, 0.3) is 0 Å². The van der Waals surface area contributed by atoms with E-state index in [1.54, 1.807) is 12.1 Å². The molecule has 2 N–H and O–H groups in total. The number of ketones is 1. The lowest BCUT2D eigenvalue weighted by Crippen LogP contribution is -2.30. The van der Waals surface area contributed by atoms with Crippen LogP contribution < -0.4 is 5.73 Å². The van der Waals surface area contributed by atoms with Crippen LogP contribution in [0.4, 0.5) is 4.39 Å². The van der Waals surface area contributed by atoms with Crippen molar-refractivity contribution in [1.82, 2.24) is 0 Å². The van der Waals surface area contributed by atoms with E-state index in [0.29, 0.717) is 18.4 Å². The Labute approximate surface area is 112 Å². The highest BCUT2D eigenvalue weighted by Crippen LogP contribution is 2.19. The third kappa shape index (κ3) is 4.39. The number of hydrogen-bond acceptors (Lipinski definition) is 2. The Morgan fingerprint density at radius 3 is 2.89 bits per heavy atom. The molecule has 0 amide bonds. The van der Waals surface area contributed by atoms with E-state index in [1.807, 2.05) is 0 Å². The zero-order chi connectivity index (χ0) is 13.5. The number of halogens is 2. The molecular formula is C14H19ClFNO. The van der Waals surface area contributed by atoms with Crippen LogP contribution in [0.3, 0.4) is 0 Å². The summed E-state index contributed by atoms with van der Waals surface area (Å²) in [6, 6.07) is 4.40. The molecule has 1 aromatic carbocycles. The molecule has 0 aliphatic rings. The van der Waals surface area contributed by atoms with Crippen LogP contribution in [0.25, 0.3) is 0 Å². The zero-order valence-corrected chi connectivity index (χ0v) is 11.3. The minimum absolute atomic E-state index is 0.0113. The molecule has 0 saturated heterocycles. The molecule has 0 saturated carbocycles. The Kier molecular flexibility index (Phi) is 6.30. The minimum atomic E-state index is -0.436. The lowest BCUT2D eigenvalue weighted by atomic mass is 10.00. The maximum Gasteiger partial charge on any atom is 0.149 e. The molecule has 18 heavy (non-hydrogen) atoms. The van der Waals surface area contributed by atoms with Crippen molar-refractivity contribution in [3.63, 3.8) is 0 Å². The molecule has 0 fully saturated rings. The maximum atomic E-state index is 13.6. The molecular weight excluding hydrogens is 253 g/mol. The van der Waals surface area contributed by atoms with Crippen molar-refractivity contribution < 1.29 is 9.18 Å². The summed E-state index contributed by atoms with van der Waals surface area (Å²) >= 11 is 5.68. The highest BCUT2D eigenvalue weighted by molar-refractivity contribution is 6.30. The SMILES string of the molecule is CCCC[C@H](N)C(=O)CCc1cccc(Cl)c1F. The summed E-state index contributed by atoms with van der Waals surface area (Å²) in [5.74, 6) is -0.447. The summed E-state index contributed by atoms with van der Waals surface area (Å²) in [5.41, 5.74) is 6.24. The van der Waals surface area contributed by atoms with Gasteiger partial charge in [0, 0.05) is 6.42 Å². The Bertz CT molecular complexity index is 409. The first-order valence-electron chi connectivity index (χ1n) is 6.27. The highest BCUT2D eigenvalue weighted by Gasteiger charge is 2.14. The average molecular weight is 272 g/mol. The highest BCUT2D eigenvalue weighted by atomic mass is 35.5. The Balaban J connectivity index is 2.49. The van der Waals surface area contributed by atoms with Crippen molar-refractivity contribution >= 4 is 17.4 Å². The first-order valence-corrected chi connectivity index (χ1v) is 6.65. The summed E-state index contributed by atoms with van der Waals surface area (Å²) in [6.07, 6.45) is 3.28. The summed E-state index contributed by atoms with van der Waals surface area (Å²) in [6.45, 7) is 2.05. The number of unbranched alkanes of at least 4 members (excludes halogenated alkanes) is 1. The predicted octanol–water partition coefficient (Wildman–Crippen LogP) is 3.50. The fraction of sp³-hybridized carbons (Fsp3) is 0.500. The second kappa shape index (κ2) is 7.49. The van der Waals surface area contributed by atoms with Crippen LogP contribution >= 0.6 is 11.6 Å². The van der Waals surface area contributed by atoms with Gasteiger partial charge in [0.05, 0.1) is 11.1 Å². The van der Waals surface area contributed by atoms with E-state index >= 15 is 0 Å². The van der Waals surface area contributed by atoms with E-state index in [9.17, 15) is 9.18 Å². The lowest BCUT2D eigenvalue weighted by Gasteiger charge is -2.10. The minimum Gasteiger partial charge on any atom is -0.322 e. The third-order valence-corrected chi connectivity index (χ3v) is 3.25. The number of nitrogens with two attached hydrogens (primary N) is 1.